The Balaban J connectivity index is 1.31. The normalized spacial score (nSPS) is 13.7. The second kappa shape index (κ2) is 9.11. The third kappa shape index (κ3) is 4.11. The van der Waals surface area contributed by atoms with Gasteiger partial charge in [-0.15, -0.1) is 10.2 Å². The van der Waals surface area contributed by atoms with Crippen LogP contribution in [0.1, 0.15) is 39.5 Å². The van der Waals surface area contributed by atoms with Gasteiger partial charge in [-0.3, -0.25) is 0 Å². The van der Waals surface area contributed by atoms with Gasteiger partial charge in [0.05, 0.1) is 16.8 Å². The number of carbonyl (C=O) groups is 1. The molecule has 0 aliphatic heterocycles. The van der Waals surface area contributed by atoms with E-state index in [4.69, 9.17) is 14.1 Å². The molecule has 0 bridgehead atoms. The van der Waals surface area contributed by atoms with E-state index in [1.54, 1.807) is 12.1 Å². The van der Waals surface area contributed by atoms with E-state index >= 15 is 0 Å². The van der Waals surface area contributed by atoms with Crippen molar-refractivity contribution in [3.8, 4) is 17.2 Å². The average molecular weight is 476 g/mol. The standard InChI is InChI=1S/C29H21N3O4/c33-21-13-10-18(11-14-21)16-20-12-15-23-26(22-8-4-5-9-24(22)30-27(20)23)29(34)35-17-25-31-32-28(36-25)19-6-2-1-3-7-19/h1-11,13-14,16,33H,12,15,17H2/b20-16+. The second-order valence-electron chi connectivity index (χ2n) is 8.54. The second-order valence-corrected chi connectivity index (χ2v) is 8.54. The first-order chi connectivity index (χ1) is 17.7. The molecule has 1 N–H and O–H groups in total. The first kappa shape index (κ1) is 21.7. The Morgan fingerprint density at radius 1 is 0.944 bits per heavy atom. The lowest BCUT2D eigenvalue weighted by Gasteiger charge is -2.12. The summed E-state index contributed by atoms with van der Waals surface area (Å²) >= 11 is 0. The van der Waals surface area contributed by atoms with Gasteiger partial charge in [0.2, 0.25) is 5.89 Å². The molecule has 5 aromatic rings. The molecule has 0 amide bonds. The maximum Gasteiger partial charge on any atom is 0.339 e. The number of hydrogen-bond donors (Lipinski definition) is 1. The summed E-state index contributed by atoms with van der Waals surface area (Å²) in [5.74, 6) is 0.372. The number of aromatic hydroxyl groups is 1. The predicted octanol–water partition coefficient (Wildman–Crippen LogP) is 5.83. The predicted molar refractivity (Wildman–Crippen MR) is 135 cm³/mol. The van der Waals surface area contributed by atoms with Gasteiger partial charge in [-0.2, -0.15) is 0 Å². The molecule has 0 radical (unpaired) electrons. The van der Waals surface area contributed by atoms with Crippen LogP contribution in [0.3, 0.4) is 0 Å². The largest absolute Gasteiger partial charge is 0.508 e. The highest BCUT2D eigenvalue weighted by Gasteiger charge is 2.28. The van der Waals surface area contributed by atoms with Crippen molar-refractivity contribution in [2.75, 3.05) is 0 Å². The van der Waals surface area contributed by atoms with Gasteiger partial charge in [-0.25, -0.2) is 9.78 Å². The highest BCUT2D eigenvalue weighted by molar-refractivity contribution is 6.07. The zero-order valence-electron chi connectivity index (χ0n) is 19.2. The Kier molecular flexibility index (Phi) is 5.50. The number of fused-ring (bicyclic) bond motifs is 2. The lowest BCUT2D eigenvalue weighted by molar-refractivity contribution is 0.0440. The lowest BCUT2D eigenvalue weighted by Crippen LogP contribution is -2.10. The number of allylic oxidation sites excluding steroid dienone is 1. The van der Waals surface area contributed by atoms with Crippen molar-refractivity contribution >= 4 is 28.5 Å². The van der Waals surface area contributed by atoms with Crippen molar-refractivity contribution in [1.82, 2.24) is 15.2 Å². The maximum atomic E-state index is 13.4. The molecule has 176 valence electrons. The molecule has 1 aliphatic carbocycles. The topological polar surface area (TPSA) is 98.3 Å². The highest BCUT2D eigenvalue weighted by atomic mass is 16.5. The quantitative estimate of drug-likeness (QED) is 0.319. The van der Waals surface area contributed by atoms with E-state index in [9.17, 15) is 9.90 Å². The number of phenols is 1. The Morgan fingerprint density at radius 3 is 2.56 bits per heavy atom. The molecule has 0 saturated heterocycles. The molecule has 0 unspecified atom stereocenters. The van der Waals surface area contributed by atoms with Crippen LogP contribution in [0.15, 0.2) is 83.3 Å². The number of hydrogen-bond acceptors (Lipinski definition) is 7. The molecule has 36 heavy (non-hydrogen) atoms. The van der Waals surface area contributed by atoms with E-state index in [-0.39, 0.29) is 18.2 Å². The Labute approximate surface area is 206 Å². The van der Waals surface area contributed by atoms with Crippen molar-refractivity contribution in [3.63, 3.8) is 0 Å². The minimum absolute atomic E-state index is 0.125. The van der Waals surface area contributed by atoms with Gasteiger partial charge < -0.3 is 14.3 Å². The van der Waals surface area contributed by atoms with Gasteiger partial charge in [0.15, 0.2) is 6.61 Å². The third-order valence-electron chi connectivity index (χ3n) is 6.19. The van der Waals surface area contributed by atoms with Gasteiger partial charge in [-0.1, -0.05) is 48.5 Å². The zero-order chi connectivity index (χ0) is 24.5. The van der Waals surface area contributed by atoms with Gasteiger partial charge in [0, 0.05) is 10.9 Å². The number of pyridine rings is 1. The summed E-state index contributed by atoms with van der Waals surface area (Å²) in [5.41, 5.74) is 5.73. The number of esters is 1. The molecule has 6 rings (SSSR count). The van der Waals surface area contributed by atoms with Crippen molar-refractivity contribution in [2.45, 2.75) is 19.4 Å². The fourth-order valence-corrected chi connectivity index (χ4v) is 4.49. The number of para-hydroxylation sites is 1. The molecule has 0 atom stereocenters. The van der Waals surface area contributed by atoms with Crippen LogP contribution in [-0.2, 0) is 17.8 Å². The van der Waals surface area contributed by atoms with E-state index in [0.717, 1.165) is 45.3 Å². The molecule has 2 heterocycles. The van der Waals surface area contributed by atoms with E-state index in [2.05, 4.69) is 10.2 Å². The molecular weight excluding hydrogens is 454 g/mol. The number of carbonyl (C=O) groups excluding carboxylic acids is 1. The van der Waals surface area contributed by atoms with Crippen LogP contribution in [-0.4, -0.2) is 26.3 Å². The van der Waals surface area contributed by atoms with Crippen LogP contribution >= 0.6 is 0 Å². The molecule has 2 aromatic heterocycles. The Hall–Kier alpha value is -4.78. The first-order valence-corrected chi connectivity index (χ1v) is 11.6. The third-order valence-corrected chi connectivity index (χ3v) is 6.19. The fourth-order valence-electron chi connectivity index (χ4n) is 4.49. The van der Waals surface area contributed by atoms with Crippen LogP contribution in [0.2, 0.25) is 0 Å². The van der Waals surface area contributed by atoms with Crippen molar-refractivity contribution in [3.05, 3.63) is 107 Å². The molecule has 3 aromatic carbocycles. The number of nitrogens with zero attached hydrogens (tertiary/aromatic N) is 3. The first-order valence-electron chi connectivity index (χ1n) is 11.6. The summed E-state index contributed by atoms with van der Waals surface area (Å²) in [7, 11) is 0. The summed E-state index contributed by atoms with van der Waals surface area (Å²) < 4.78 is 11.3. The van der Waals surface area contributed by atoms with Crippen LogP contribution in [0.25, 0.3) is 34.0 Å². The molecule has 0 fully saturated rings. The number of benzene rings is 3. The summed E-state index contributed by atoms with van der Waals surface area (Å²) in [6.07, 6.45) is 3.48. The monoisotopic (exact) mass is 475 g/mol. The number of aromatic nitrogens is 3. The molecule has 7 heteroatoms. The fraction of sp³-hybridized carbons (Fsp3) is 0.103. The van der Waals surface area contributed by atoms with E-state index in [1.165, 1.54) is 0 Å². The van der Waals surface area contributed by atoms with Crippen molar-refractivity contribution < 1.29 is 19.1 Å². The molecule has 7 nitrogen and oxygen atoms in total. The maximum absolute atomic E-state index is 13.4. The summed E-state index contributed by atoms with van der Waals surface area (Å²) in [4.78, 5) is 18.3. The molecule has 0 saturated carbocycles. The smallest absolute Gasteiger partial charge is 0.339 e. The highest BCUT2D eigenvalue weighted by Crippen LogP contribution is 2.38. The van der Waals surface area contributed by atoms with Crippen LogP contribution in [0.5, 0.6) is 5.75 Å². The summed E-state index contributed by atoms with van der Waals surface area (Å²) in [6, 6.07) is 24.0. The molecule has 1 aliphatic rings. The Bertz CT molecular complexity index is 1610. The van der Waals surface area contributed by atoms with Gasteiger partial charge in [0.25, 0.3) is 5.89 Å². The van der Waals surface area contributed by atoms with Crippen LogP contribution < -0.4 is 0 Å². The van der Waals surface area contributed by atoms with Crippen molar-refractivity contribution in [2.24, 2.45) is 0 Å². The lowest BCUT2D eigenvalue weighted by atomic mass is 10.0. The average Bonchev–Trinajstić information content (AvgIpc) is 3.55. The molecule has 0 spiro atoms. The van der Waals surface area contributed by atoms with Crippen LogP contribution in [0, 0.1) is 0 Å². The summed E-state index contributed by atoms with van der Waals surface area (Å²) in [6.45, 7) is -0.125. The zero-order valence-corrected chi connectivity index (χ0v) is 19.2. The minimum atomic E-state index is -0.449. The van der Waals surface area contributed by atoms with Gasteiger partial charge >= 0.3 is 5.97 Å². The SMILES string of the molecule is O=C(OCc1nnc(-c2ccccc2)o1)c1c2c(nc3ccccc13)/C(=C/c1ccc(O)cc1)CC2. The van der Waals surface area contributed by atoms with Crippen molar-refractivity contribution in [1.29, 1.82) is 0 Å². The Morgan fingerprint density at radius 2 is 1.72 bits per heavy atom. The van der Waals surface area contributed by atoms with Gasteiger partial charge in [0.1, 0.15) is 5.75 Å². The number of ether oxygens (including phenoxy) is 1. The van der Waals surface area contributed by atoms with E-state index in [1.807, 2.05) is 72.8 Å². The summed E-state index contributed by atoms with van der Waals surface area (Å²) in [5, 5.41) is 18.4. The number of phenolic OH excluding ortho intramolecular Hbond substituents is 1. The van der Waals surface area contributed by atoms with E-state index < -0.39 is 5.97 Å². The minimum Gasteiger partial charge on any atom is -0.508 e. The van der Waals surface area contributed by atoms with Gasteiger partial charge in [-0.05, 0) is 65.9 Å². The molecular formula is C29H21N3O4. The van der Waals surface area contributed by atoms with E-state index in [0.29, 0.717) is 17.9 Å². The number of rotatable bonds is 5. The van der Waals surface area contributed by atoms with Crippen LogP contribution in [0.4, 0.5) is 0 Å².